The Morgan fingerprint density at radius 2 is 1.50 bits per heavy atom. The first-order chi connectivity index (χ1) is 12.8. The smallest absolute Gasteiger partial charge is 0.259 e. The van der Waals surface area contributed by atoms with Crippen molar-refractivity contribution in [2.45, 2.75) is 6.04 Å². The fourth-order valence-corrected chi connectivity index (χ4v) is 2.85. The third kappa shape index (κ3) is 3.42. The van der Waals surface area contributed by atoms with E-state index in [1.165, 1.54) is 4.90 Å². The van der Waals surface area contributed by atoms with Gasteiger partial charge in [0.2, 0.25) is 0 Å². The van der Waals surface area contributed by atoms with Gasteiger partial charge in [-0.05, 0) is 30.3 Å². The number of ether oxygens (including phenoxy) is 1. The number of methoxy groups -OCH3 is 1. The molecule has 0 aliphatic carbocycles. The zero-order chi connectivity index (χ0) is 18.4. The lowest BCUT2D eigenvalue weighted by Gasteiger charge is -2.28. The highest BCUT2D eigenvalue weighted by Crippen LogP contribution is 2.33. The van der Waals surface area contributed by atoms with E-state index in [1.54, 1.807) is 43.5 Å². The maximum atomic E-state index is 13.3. The topological polar surface area (TPSA) is 53.3 Å². The molecule has 0 bridgehead atoms. The molecule has 4 heteroatoms. The van der Waals surface area contributed by atoms with Gasteiger partial charge < -0.3 is 4.74 Å². The molecule has 0 aromatic heterocycles. The average molecular weight is 342 g/mol. The van der Waals surface area contributed by atoms with Gasteiger partial charge in [-0.2, -0.15) is 5.26 Å². The van der Waals surface area contributed by atoms with Crippen molar-refractivity contribution in [3.63, 3.8) is 0 Å². The zero-order valence-corrected chi connectivity index (χ0v) is 14.4. The van der Waals surface area contributed by atoms with Crippen LogP contribution in [-0.4, -0.2) is 13.0 Å². The van der Waals surface area contributed by atoms with E-state index in [0.29, 0.717) is 22.6 Å². The van der Waals surface area contributed by atoms with Crippen LogP contribution in [0, 0.1) is 11.3 Å². The van der Waals surface area contributed by atoms with Gasteiger partial charge in [0.1, 0.15) is 5.75 Å². The molecule has 3 aromatic carbocycles. The van der Waals surface area contributed by atoms with E-state index in [0.717, 1.165) is 0 Å². The van der Waals surface area contributed by atoms with E-state index in [1.807, 2.05) is 48.5 Å². The minimum Gasteiger partial charge on any atom is -0.496 e. The van der Waals surface area contributed by atoms with Crippen molar-refractivity contribution in [3.8, 4) is 11.8 Å². The van der Waals surface area contributed by atoms with Gasteiger partial charge in [-0.25, -0.2) is 0 Å². The second-order valence-electron chi connectivity index (χ2n) is 5.65. The van der Waals surface area contributed by atoms with Crippen LogP contribution in [0.5, 0.6) is 5.75 Å². The number of nitrogens with zero attached hydrogens (tertiary/aromatic N) is 2. The number of carbonyl (C=O) groups is 1. The Bertz CT molecular complexity index is 918. The molecule has 0 aliphatic rings. The Kier molecular flexibility index (Phi) is 5.31. The van der Waals surface area contributed by atoms with E-state index < -0.39 is 6.04 Å². The summed E-state index contributed by atoms with van der Waals surface area (Å²) in [5, 5.41) is 9.93. The van der Waals surface area contributed by atoms with Crippen molar-refractivity contribution >= 4 is 11.6 Å². The van der Waals surface area contributed by atoms with E-state index in [2.05, 4.69) is 6.07 Å². The number of hydrogen-bond acceptors (Lipinski definition) is 3. The SMILES string of the molecule is COc1ccccc1[C@H](C#N)N(C(=O)c1ccccc1)c1ccccc1. The quantitative estimate of drug-likeness (QED) is 0.680. The molecule has 3 aromatic rings. The molecule has 0 heterocycles. The lowest BCUT2D eigenvalue weighted by molar-refractivity contribution is 0.0981. The van der Waals surface area contributed by atoms with Gasteiger partial charge >= 0.3 is 0 Å². The molecule has 4 nitrogen and oxygen atoms in total. The Balaban J connectivity index is 2.13. The van der Waals surface area contributed by atoms with Crippen LogP contribution in [0.3, 0.4) is 0 Å². The number of rotatable bonds is 5. The Morgan fingerprint density at radius 1 is 0.923 bits per heavy atom. The second kappa shape index (κ2) is 8.00. The molecule has 0 aliphatic heterocycles. The van der Waals surface area contributed by atoms with Gasteiger partial charge in [-0.1, -0.05) is 54.6 Å². The molecule has 0 fully saturated rings. The third-order valence-corrected chi connectivity index (χ3v) is 4.09. The highest BCUT2D eigenvalue weighted by molar-refractivity contribution is 6.07. The van der Waals surface area contributed by atoms with Crippen molar-refractivity contribution in [3.05, 3.63) is 96.1 Å². The molecule has 0 saturated heterocycles. The minimum absolute atomic E-state index is 0.241. The van der Waals surface area contributed by atoms with Crippen LogP contribution in [0.15, 0.2) is 84.9 Å². The molecular weight excluding hydrogens is 324 g/mol. The number of hydrogen-bond donors (Lipinski definition) is 0. The molecule has 1 amide bonds. The van der Waals surface area contributed by atoms with E-state index in [-0.39, 0.29) is 5.91 Å². The highest BCUT2D eigenvalue weighted by atomic mass is 16.5. The Labute approximate surface area is 152 Å². The number of nitriles is 1. The van der Waals surface area contributed by atoms with Crippen molar-refractivity contribution < 1.29 is 9.53 Å². The molecule has 0 saturated carbocycles. The van der Waals surface area contributed by atoms with Crippen LogP contribution in [0.25, 0.3) is 0 Å². The average Bonchev–Trinajstić information content (AvgIpc) is 2.72. The first-order valence-corrected chi connectivity index (χ1v) is 8.22. The Hall–Kier alpha value is -3.58. The van der Waals surface area contributed by atoms with Crippen molar-refractivity contribution in [1.29, 1.82) is 5.26 Å². The van der Waals surface area contributed by atoms with Gasteiger partial charge in [0.15, 0.2) is 6.04 Å². The first-order valence-electron chi connectivity index (χ1n) is 8.22. The summed E-state index contributed by atoms with van der Waals surface area (Å²) in [5.74, 6) is 0.329. The maximum absolute atomic E-state index is 13.3. The summed E-state index contributed by atoms with van der Waals surface area (Å²) >= 11 is 0. The molecule has 0 radical (unpaired) electrons. The van der Waals surface area contributed by atoms with Gasteiger partial charge in [-0.3, -0.25) is 9.69 Å². The molecule has 0 unspecified atom stereocenters. The standard InChI is InChI=1S/C22H18N2O2/c1-26-21-15-9-8-14-19(21)20(16-23)24(18-12-6-3-7-13-18)22(25)17-10-4-2-5-11-17/h2-15,20H,1H3/t20-/m0/s1. The van der Waals surface area contributed by atoms with E-state index in [9.17, 15) is 10.1 Å². The molecule has 26 heavy (non-hydrogen) atoms. The monoisotopic (exact) mass is 342 g/mol. The lowest BCUT2D eigenvalue weighted by Crippen LogP contribution is -2.34. The number of amides is 1. The van der Waals surface area contributed by atoms with Crippen molar-refractivity contribution in [1.82, 2.24) is 0 Å². The van der Waals surface area contributed by atoms with Crippen LogP contribution < -0.4 is 9.64 Å². The van der Waals surface area contributed by atoms with Crippen LogP contribution in [0.2, 0.25) is 0 Å². The number of carbonyl (C=O) groups excluding carboxylic acids is 1. The van der Waals surface area contributed by atoms with E-state index in [4.69, 9.17) is 4.74 Å². The molecule has 3 rings (SSSR count). The fraction of sp³-hybridized carbons (Fsp3) is 0.0909. The van der Waals surface area contributed by atoms with Crippen LogP contribution >= 0.6 is 0 Å². The fourth-order valence-electron chi connectivity index (χ4n) is 2.85. The molecule has 128 valence electrons. The largest absolute Gasteiger partial charge is 0.496 e. The van der Waals surface area contributed by atoms with Crippen LogP contribution in [0.1, 0.15) is 22.0 Å². The Morgan fingerprint density at radius 3 is 2.12 bits per heavy atom. The highest BCUT2D eigenvalue weighted by Gasteiger charge is 2.29. The molecule has 1 atom stereocenters. The summed E-state index contributed by atoms with van der Waals surface area (Å²) in [7, 11) is 1.55. The van der Waals surface area contributed by atoms with Gasteiger partial charge in [0.25, 0.3) is 5.91 Å². The molecule has 0 N–H and O–H groups in total. The minimum atomic E-state index is -0.818. The predicted molar refractivity (Wildman–Crippen MR) is 101 cm³/mol. The molecule has 0 spiro atoms. The van der Waals surface area contributed by atoms with E-state index >= 15 is 0 Å². The maximum Gasteiger partial charge on any atom is 0.259 e. The molecular formula is C22H18N2O2. The summed E-state index contributed by atoms with van der Waals surface area (Å²) in [6, 6.07) is 26.9. The normalized spacial score (nSPS) is 11.2. The number of para-hydroxylation sites is 2. The number of anilines is 1. The number of benzene rings is 3. The summed E-state index contributed by atoms with van der Waals surface area (Å²) < 4.78 is 5.41. The summed E-state index contributed by atoms with van der Waals surface area (Å²) in [6.45, 7) is 0. The van der Waals surface area contributed by atoms with Crippen LogP contribution in [0.4, 0.5) is 5.69 Å². The van der Waals surface area contributed by atoms with Gasteiger partial charge in [0, 0.05) is 16.8 Å². The lowest BCUT2D eigenvalue weighted by atomic mass is 10.0. The van der Waals surface area contributed by atoms with Crippen molar-refractivity contribution in [2.24, 2.45) is 0 Å². The first kappa shape index (κ1) is 17.2. The predicted octanol–water partition coefficient (Wildman–Crippen LogP) is 4.61. The van der Waals surface area contributed by atoms with Gasteiger partial charge in [-0.15, -0.1) is 0 Å². The summed E-state index contributed by atoms with van der Waals surface area (Å²) in [4.78, 5) is 14.8. The summed E-state index contributed by atoms with van der Waals surface area (Å²) in [5.41, 5.74) is 1.82. The second-order valence-corrected chi connectivity index (χ2v) is 5.65. The van der Waals surface area contributed by atoms with Gasteiger partial charge in [0.05, 0.1) is 13.2 Å². The van der Waals surface area contributed by atoms with Crippen molar-refractivity contribution in [2.75, 3.05) is 12.0 Å². The zero-order valence-electron chi connectivity index (χ0n) is 14.4. The van der Waals surface area contributed by atoms with Crippen LogP contribution in [-0.2, 0) is 0 Å². The third-order valence-electron chi connectivity index (χ3n) is 4.09. The summed E-state index contributed by atoms with van der Waals surface area (Å²) in [6.07, 6.45) is 0.